The van der Waals surface area contributed by atoms with Gasteiger partial charge in [-0.1, -0.05) is 182 Å². The number of nitrogens with zero attached hydrogens (tertiary/aromatic N) is 5. The summed E-state index contributed by atoms with van der Waals surface area (Å²) >= 11 is 1.84. The minimum atomic E-state index is 0.620. The lowest BCUT2D eigenvalue weighted by Crippen LogP contribution is -2.05. The molecule has 0 N–H and O–H groups in total. The molecule has 0 radical (unpaired) electrons. The van der Waals surface area contributed by atoms with Crippen molar-refractivity contribution in [1.82, 2.24) is 24.1 Å². The third kappa shape index (κ3) is 5.62. The van der Waals surface area contributed by atoms with Gasteiger partial charge in [0.05, 0.1) is 16.7 Å². The molecule has 1 aliphatic heterocycles. The molecule has 0 aliphatic carbocycles. The third-order valence-corrected chi connectivity index (χ3v) is 13.5. The summed E-state index contributed by atoms with van der Waals surface area (Å²) in [5.74, 6) is 1.87. The Morgan fingerprint density at radius 2 is 0.889 bits per heavy atom. The number of para-hydroxylation sites is 3. The van der Waals surface area contributed by atoms with E-state index in [2.05, 4.69) is 215 Å². The van der Waals surface area contributed by atoms with Crippen molar-refractivity contribution in [1.29, 1.82) is 0 Å². The molecule has 1 aliphatic rings. The first-order valence-corrected chi connectivity index (χ1v) is 22.0. The maximum atomic E-state index is 5.49. The molecule has 12 aromatic rings. The zero-order valence-corrected chi connectivity index (χ0v) is 34.7. The lowest BCUT2D eigenvalue weighted by molar-refractivity contribution is 1.03. The predicted molar refractivity (Wildman–Crippen MR) is 260 cm³/mol. The fourth-order valence-corrected chi connectivity index (χ4v) is 10.7. The summed E-state index contributed by atoms with van der Waals surface area (Å²) in [6.45, 7) is 0. The largest absolute Gasteiger partial charge is 0.295 e. The monoisotopic (exact) mass is 821 g/mol. The van der Waals surface area contributed by atoms with E-state index in [-0.39, 0.29) is 0 Å². The van der Waals surface area contributed by atoms with Crippen LogP contribution in [0.15, 0.2) is 222 Å². The topological polar surface area (TPSA) is 48.5 Å². The molecule has 4 heterocycles. The van der Waals surface area contributed by atoms with Gasteiger partial charge in [0.15, 0.2) is 17.5 Å². The van der Waals surface area contributed by atoms with E-state index in [9.17, 15) is 0 Å². The van der Waals surface area contributed by atoms with E-state index in [4.69, 9.17) is 15.0 Å². The molecule has 0 spiro atoms. The fourth-order valence-electron chi connectivity index (χ4n) is 9.59. The average Bonchev–Trinajstić information content (AvgIpc) is 3.88. The Kier molecular flexibility index (Phi) is 8.08. The molecule has 0 saturated heterocycles. The zero-order valence-electron chi connectivity index (χ0n) is 33.9. The lowest BCUT2D eigenvalue weighted by atomic mass is 9.94. The van der Waals surface area contributed by atoms with Crippen molar-refractivity contribution >= 4 is 55.4 Å². The number of aromatic nitrogens is 5. The van der Waals surface area contributed by atoms with Crippen LogP contribution in [0, 0.1) is 0 Å². The van der Waals surface area contributed by atoms with Gasteiger partial charge in [-0.25, -0.2) is 15.0 Å². The van der Waals surface area contributed by atoms with Gasteiger partial charge in [0.2, 0.25) is 0 Å². The number of benzene rings is 9. The predicted octanol–water partition coefficient (Wildman–Crippen LogP) is 14.9. The van der Waals surface area contributed by atoms with Crippen LogP contribution in [0.5, 0.6) is 0 Å². The Hall–Kier alpha value is -8.06. The van der Waals surface area contributed by atoms with Gasteiger partial charge in [0.25, 0.3) is 0 Å². The molecule has 0 fully saturated rings. The van der Waals surface area contributed by atoms with E-state index in [1.165, 1.54) is 42.9 Å². The first-order chi connectivity index (χ1) is 31.3. The van der Waals surface area contributed by atoms with Gasteiger partial charge in [0, 0.05) is 48.3 Å². The highest BCUT2D eigenvalue weighted by Crippen LogP contribution is 2.51. The van der Waals surface area contributed by atoms with Gasteiger partial charge in [0.1, 0.15) is 5.65 Å². The molecule has 0 atom stereocenters. The first-order valence-electron chi connectivity index (χ1n) is 21.2. The molecule has 0 bridgehead atoms. The molecule has 6 heteroatoms. The lowest BCUT2D eigenvalue weighted by Gasteiger charge is -2.21. The van der Waals surface area contributed by atoms with Crippen molar-refractivity contribution in [2.75, 3.05) is 0 Å². The van der Waals surface area contributed by atoms with E-state index in [1.54, 1.807) is 0 Å². The Morgan fingerprint density at radius 1 is 0.333 bits per heavy atom. The van der Waals surface area contributed by atoms with Crippen LogP contribution in [0.3, 0.4) is 0 Å². The molecular formula is C57H35N5S. The molecule has 63 heavy (non-hydrogen) atoms. The highest BCUT2D eigenvalue weighted by atomic mass is 32.2. The number of fused-ring (bicyclic) bond motifs is 8. The maximum Gasteiger partial charge on any atom is 0.164 e. The molecule has 0 unspecified atom stereocenters. The van der Waals surface area contributed by atoms with Gasteiger partial charge in [-0.05, 0) is 75.5 Å². The van der Waals surface area contributed by atoms with Gasteiger partial charge in [-0.2, -0.15) is 0 Å². The molecule has 3 aromatic heterocycles. The van der Waals surface area contributed by atoms with Gasteiger partial charge >= 0.3 is 0 Å². The van der Waals surface area contributed by atoms with Gasteiger partial charge in [-0.15, -0.1) is 0 Å². The van der Waals surface area contributed by atoms with Gasteiger partial charge in [-0.3, -0.25) is 9.13 Å². The summed E-state index contributed by atoms with van der Waals surface area (Å²) < 4.78 is 4.90. The molecule has 294 valence electrons. The minimum Gasteiger partial charge on any atom is -0.295 e. The number of hydrogen-bond donors (Lipinski definition) is 0. The summed E-state index contributed by atoms with van der Waals surface area (Å²) in [4.78, 5) is 18.7. The smallest absolute Gasteiger partial charge is 0.164 e. The van der Waals surface area contributed by atoms with Crippen molar-refractivity contribution in [2.24, 2.45) is 0 Å². The molecule has 13 rings (SSSR count). The van der Waals surface area contributed by atoms with Crippen LogP contribution in [0.2, 0.25) is 0 Å². The van der Waals surface area contributed by atoms with Crippen LogP contribution in [-0.2, 0) is 0 Å². The zero-order chi connectivity index (χ0) is 41.4. The normalized spacial score (nSPS) is 12.1. The van der Waals surface area contributed by atoms with Gasteiger partial charge < -0.3 is 0 Å². The maximum absolute atomic E-state index is 5.49. The second-order valence-corrected chi connectivity index (χ2v) is 17.0. The third-order valence-electron chi connectivity index (χ3n) is 12.4. The molecular weight excluding hydrogens is 787 g/mol. The Morgan fingerprint density at radius 3 is 1.67 bits per heavy atom. The summed E-state index contributed by atoms with van der Waals surface area (Å²) in [5, 5.41) is 5.71. The van der Waals surface area contributed by atoms with Crippen LogP contribution in [0.4, 0.5) is 0 Å². The van der Waals surface area contributed by atoms with Crippen LogP contribution >= 0.6 is 11.8 Å². The quantitative estimate of drug-likeness (QED) is 0.168. The van der Waals surface area contributed by atoms with Crippen molar-refractivity contribution < 1.29 is 0 Å². The highest BCUT2D eigenvalue weighted by molar-refractivity contribution is 7.99. The van der Waals surface area contributed by atoms with E-state index in [0.29, 0.717) is 17.5 Å². The van der Waals surface area contributed by atoms with E-state index < -0.39 is 0 Å². The number of rotatable bonds is 6. The second kappa shape index (κ2) is 14.3. The Bertz CT molecular complexity index is 3740. The standard InChI is InChI=1S/C57H35N5S/c1-4-16-36(17-5-1)37-30-32-39(33-31-37)54-58-55(44-35-34-41(38-18-6-2-7-19-38)42-22-10-11-23-43(42)44)60-56(59-54)46-25-14-27-48-51(46)52-45-24-15-29-50-53(45)62(47-26-12-13-28-49(47)63-50)57(52)61(48)40-20-8-3-9-21-40/h1-35H. The Balaban J connectivity index is 1.11. The molecule has 5 nitrogen and oxygen atoms in total. The van der Waals surface area contributed by atoms with E-state index >= 15 is 0 Å². The second-order valence-electron chi connectivity index (χ2n) is 15.9. The molecule has 0 amide bonds. The first kappa shape index (κ1) is 35.7. The number of hydrogen-bond acceptors (Lipinski definition) is 4. The van der Waals surface area contributed by atoms with Crippen molar-refractivity contribution in [3.8, 4) is 67.8 Å². The summed E-state index contributed by atoms with van der Waals surface area (Å²) in [7, 11) is 0. The summed E-state index contributed by atoms with van der Waals surface area (Å²) in [5.41, 5.74) is 13.2. The van der Waals surface area contributed by atoms with Crippen molar-refractivity contribution in [2.45, 2.75) is 9.79 Å². The van der Waals surface area contributed by atoms with E-state index in [0.717, 1.165) is 60.8 Å². The fraction of sp³-hybridized carbons (Fsp3) is 0. The highest BCUT2D eigenvalue weighted by Gasteiger charge is 2.29. The van der Waals surface area contributed by atoms with Crippen LogP contribution < -0.4 is 0 Å². The van der Waals surface area contributed by atoms with Crippen LogP contribution in [-0.4, -0.2) is 24.1 Å². The van der Waals surface area contributed by atoms with E-state index in [1.807, 2.05) is 17.8 Å². The van der Waals surface area contributed by atoms with Crippen molar-refractivity contribution in [3.63, 3.8) is 0 Å². The minimum absolute atomic E-state index is 0.620. The summed E-state index contributed by atoms with van der Waals surface area (Å²) in [6, 6.07) is 75.3. The average molecular weight is 822 g/mol. The van der Waals surface area contributed by atoms with Crippen molar-refractivity contribution in [3.05, 3.63) is 212 Å². The van der Waals surface area contributed by atoms with Crippen LogP contribution in [0.25, 0.3) is 111 Å². The molecule has 0 saturated carbocycles. The molecule has 9 aromatic carbocycles. The summed E-state index contributed by atoms with van der Waals surface area (Å²) in [6.07, 6.45) is 0. The van der Waals surface area contributed by atoms with Crippen LogP contribution in [0.1, 0.15) is 0 Å². The SMILES string of the molecule is c1ccc(-c2ccc(-c3nc(-c4ccc(-c5ccccc5)c5ccccc45)nc(-c4cccc5c4c4c6cccc7c6n(c4n5-c4ccccc4)-c4ccccc4S7)n3)cc2)cc1. The Labute approximate surface area is 367 Å².